The molecule has 25 heavy (non-hydrogen) atoms. The van der Waals surface area contributed by atoms with Crippen LogP contribution in [0.5, 0.6) is 5.75 Å². The molecule has 0 aromatic heterocycles. The van der Waals surface area contributed by atoms with Crippen LogP contribution in [-0.4, -0.2) is 42.5 Å². The van der Waals surface area contributed by atoms with E-state index < -0.39 is 0 Å². The number of hydrogen-bond donors (Lipinski definition) is 0. The van der Waals surface area contributed by atoms with Crippen LogP contribution in [0.1, 0.15) is 24.8 Å². The van der Waals surface area contributed by atoms with Crippen molar-refractivity contribution in [3.63, 3.8) is 0 Å². The molecule has 6 heteroatoms. The van der Waals surface area contributed by atoms with Crippen LogP contribution in [0.2, 0.25) is 0 Å². The number of aliphatic imine (C=N–C) groups is 1. The molecule has 1 saturated heterocycles. The topological polar surface area (TPSA) is 61.0 Å². The van der Waals surface area contributed by atoms with Gasteiger partial charge in [-0.2, -0.15) is 5.16 Å². The fourth-order valence-corrected chi connectivity index (χ4v) is 2.95. The van der Waals surface area contributed by atoms with Gasteiger partial charge in [0.05, 0.1) is 6.54 Å². The molecule has 1 heterocycles. The predicted molar refractivity (Wildman–Crippen MR) is 102 cm³/mol. The van der Waals surface area contributed by atoms with Crippen LogP contribution >= 0.6 is 12.2 Å². The van der Waals surface area contributed by atoms with Crippen molar-refractivity contribution in [2.45, 2.75) is 19.3 Å². The second-order valence-corrected chi connectivity index (χ2v) is 5.91. The van der Waals surface area contributed by atoms with E-state index in [4.69, 9.17) is 5.41 Å². The summed E-state index contributed by atoms with van der Waals surface area (Å²) in [5.74, 6) is 0.0513. The zero-order chi connectivity index (χ0) is 17.2. The Morgan fingerprint density at radius 1 is 1.16 bits per heavy atom. The fourth-order valence-electron chi connectivity index (χ4n) is 2.95. The van der Waals surface area contributed by atoms with E-state index in [1.54, 1.807) is 12.3 Å². The Morgan fingerprint density at radius 2 is 1.84 bits per heavy atom. The van der Waals surface area contributed by atoms with E-state index >= 15 is 0 Å². The number of piperidine rings is 1. The minimum atomic E-state index is 0. The van der Waals surface area contributed by atoms with Crippen LogP contribution < -0.4 is 5.11 Å². The first kappa shape index (κ1) is 21.5. The third-order valence-electron chi connectivity index (χ3n) is 4.15. The number of rotatable bonds is 4. The summed E-state index contributed by atoms with van der Waals surface area (Å²) in [6, 6.07) is 11.5. The van der Waals surface area contributed by atoms with E-state index in [2.05, 4.69) is 22.1 Å². The van der Waals surface area contributed by atoms with Gasteiger partial charge in [0, 0.05) is 12.8 Å². The van der Waals surface area contributed by atoms with Crippen molar-refractivity contribution >= 4 is 34.4 Å². The number of isothiocyanates is 1. The van der Waals surface area contributed by atoms with Gasteiger partial charge < -0.3 is 15.4 Å². The molecule has 0 aliphatic carbocycles. The van der Waals surface area contributed by atoms with Gasteiger partial charge in [-0.15, -0.1) is 0 Å². The van der Waals surface area contributed by atoms with E-state index in [1.165, 1.54) is 37.5 Å². The van der Waals surface area contributed by atoms with Crippen LogP contribution in [0.25, 0.3) is 16.2 Å². The molecule has 0 spiro atoms. The maximum atomic E-state index is 12.0. The van der Waals surface area contributed by atoms with Gasteiger partial charge in [0.1, 0.15) is 0 Å². The van der Waals surface area contributed by atoms with Crippen molar-refractivity contribution in [2.75, 3.05) is 26.2 Å². The average Bonchev–Trinajstić information content (AvgIpc) is 2.62. The summed E-state index contributed by atoms with van der Waals surface area (Å²) >= 11 is 3.70. The van der Waals surface area contributed by atoms with Crippen molar-refractivity contribution in [1.29, 1.82) is 0 Å². The number of fused-ring (bicyclic) bond motifs is 1. The Labute approximate surface area is 164 Å². The van der Waals surface area contributed by atoms with Crippen LogP contribution in [0.3, 0.4) is 0 Å². The van der Waals surface area contributed by atoms with Crippen LogP contribution in [0, 0.1) is 0 Å². The number of benzene rings is 2. The quantitative estimate of drug-likeness (QED) is 0.450. The Balaban J connectivity index is 0.000000730. The Kier molecular flexibility index (Phi) is 10.2. The van der Waals surface area contributed by atoms with Gasteiger partial charge in [0.2, 0.25) is 0 Å². The zero-order valence-corrected chi connectivity index (χ0v) is 15.8. The predicted octanol–water partition coefficient (Wildman–Crippen LogP) is 3.47. The smallest absolute Gasteiger partial charge is 0.872 e. The minimum Gasteiger partial charge on any atom is -0.872 e. The van der Waals surface area contributed by atoms with Gasteiger partial charge in [-0.3, -0.25) is 4.99 Å². The summed E-state index contributed by atoms with van der Waals surface area (Å²) in [6.07, 6.45) is 5.72. The maximum absolute atomic E-state index is 12.0. The molecular weight excluding hydrogens is 377 g/mol. The number of nitrogens with zero attached hydrogens (tertiary/aromatic N) is 3. The first-order chi connectivity index (χ1) is 11.8. The summed E-state index contributed by atoms with van der Waals surface area (Å²) in [4.78, 5) is 6.94. The van der Waals surface area contributed by atoms with Gasteiger partial charge in [0.15, 0.2) is 0 Å². The monoisotopic (exact) mass is 397 g/mol. The molecule has 2 aromatic rings. The average molecular weight is 398 g/mol. The van der Waals surface area contributed by atoms with Crippen molar-refractivity contribution in [2.24, 2.45) is 4.99 Å². The van der Waals surface area contributed by atoms with Crippen molar-refractivity contribution in [3.8, 4) is 5.75 Å². The molecule has 0 amide bonds. The third-order valence-corrected chi connectivity index (χ3v) is 4.15. The number of hydrogen-bond acceptors (Lipinski definition) is 4. The minimum absolute atomic E-state index is 0. The van der Waals surface area contributed by atoms with E-state index in [1.807, 2.05) is 30.3 Å². The van der Waals surface area contributed by atoms with Crippen molar-refractivity contribution in [1.82, 2.24) is 4.90 Å². The van der Waals surface area contributed by atoms with E-state index in [0.29, 0.717) is 5.56 Å². The second-order valence-electron chi connectivity index (χ2n) is 5.73. The summed E-state index contributed by atoms with van der Waals surface area (Å²) in [5.41, 5.74) is 0.715. The van der Waals surface area contributed by atoms with Crippen molar-refractivity contribution < 1.29 is 21.6 Å². The normalized spacial score (nSPS) is 14.4. The zero-order valence-electron chi connectivity index (χ0n) is 14.0. The SMILES string of the molecule is [N-]=C=S.[Ni+3].[O-]c1ccc2ccccc2c1C=NCCN1CCCCC1. The molecule has 0 unspecified atom stereocenters. The fraction of sp³-hybridized carbons (Fsp3) is 0.368. The molecule has 0 bridgehead atoms. The molecular formula is C19H21N3NiOS+. The van der Waals surface area contributed by atoms with Crippen LogP contribution in [-0.2, 0) is 16.5 Å². The third kappa shape index (κ3) is 6.68. The molecule has 1 aliphatic heterocycles. The summed E-state index contributed by atoms with van der Waals surface area (Å²) < 4.78 is 0. The van der Waals surface area contributed by atoms with Gasteiger partial charge in [-0.25, -0.2) is 0 Å². The molecule has 0 atom stereocenters. The van der Waals surface area contributed by atoms with Gasteiger partial charge in [0.25, 0.3) is 0 Å². The Bertz CT molecular complexity index is 724. The first-order valence-corrected chi connectivity index (χ1v) is 8.59. The molecule has 2 aromatic carbocycles. The molecule has 1 radical (unpaired) electrons. The summed E-state index contributed by atoms with van der Waals surface area (Å²) in [5, 5.41) is 22.6. The molecule has 1 fully saturated rings. The van der Waals surface area contributed by atoms with E-state index in [-0.39, 0.29) is 22.2 Å². The Morgan fingerprint density at radius 3 is 2.56 bits per heavy atom. The first-order valence-electron chi connectivity index (χ1n) is 8.18. The molecule has 4 nitrogen and oxygen atoms in total. The van der Waals surface area contributed by atoms with Gasteiger partial charge >= 0.3 is 16.5 Å². The molecule has 3 rings (SSSR count). The molecule has 0 saturated carbocycles. The molecule has 0 N–H and O–H groups in total. The van der Waals surface area contributed by atoms with E-state index in [9.17, 15) is 5.11 Å². The van der Waals surface area contributed by atoms with Crippen molar-refractivity contribution in [3.05, 3.63) is 47.4 Å². The number of thiocarbonyl (C=S) groups is 1. The van der Waals surface area contributed by atoms with Gasteiger partial charge in [-0.1, -0.05) is 60.8 Å². The largest absolute Gasteiger partial charge is 3.00 e. The van der Waals surface area contributed by atoms with Crippen LogP contribution in [0.4, 0.5) is 0 Å². The molecule has 1 aliphatic rings. The standard InChI is InChI=1S/C18H22N2O.CNS.Ni/c21-18-9-8-15-6-2-3-7-16(15)17(18)14-19-10-13-20-11-4-1-5-12-20;2-1-3;/h2-3,6-9,14,21H,1,4-5,10-13H2;;/q;-1;+3/p-1. The Hall–Kier alpha value is -1.58. The molecule has 133 valence electrons. The van der Waals surface area contributed by atoms with Gasteiger partial charge in [-0.05, 0) is 42.3 Å². The summed E-state index contributed by atoms with van der Waals surface area (Å²) in [6.45, 7) is 4.14. The van der Waals surface area contributed by atoms with E-state index in [0.717, 1.165) is 23.9 Å². The maximum Gasteiger partial charge on any atom is 3.00 e. The summed E-state index contributed by atoms with van der Waals surface area (Å²) in [7, 11) is 0. The van der Waals surface area contributed by atoms with Crippen LogP contribution in [0.15, 0.2) is 41.4 Å². The second kappa shape index (κ2) is 11.9. The number of likely N-dealkylation sites (tertiary alicyclic amines) is 1.